The summed E-state index contributed by atoms with van der Waals surface area (Å²) in [6.07, 6.45) is 0.951. The van der Waals surface area contributed by atoms with Crippen LogP contribution in [-0.4, -0.2) is 30.6 Å². The van der Waals surface area contributed by atoms with Gasteiger partial charge >= 0.3 is 12.0 Å². The van der Waals surface area contributed by atoms with E-state index >= 15 is 0 Å². The standard InChI is InChI=1S/C16H18N2O4/c1-2-22-12(19)8-10-7-9-5-3-4-6-11(9)13(10)14-15(20)18-16(21)17-14/h3-6,10,13-14H,2,7-8H2,1H3,(H2,17,18,20,21). The van der Waals surface area contributed by atoms with E-state index in [9.17, 15) is 14.4 Å². The normalized spacial score (nSPS) is 26.3. The molecule has 22 heavy (non-hydrogen) atoms. The first-order valence-corrected chi connectivity index (χ1v) is 7.45. The summed E-state index contributed by atoms with van der Waals surface area (Å²) in [6, 6.07) is 6.71. The van der Waals surface area contributed by atoms with E-state index in [1.807, 2.05) is 24.3 Å². The number of nitrogens with one attached hydrogen (secondary N) is 2. The second kappa shape index (κ2) is 5.79. The Morgan fingerprint density at radius 3 is 2.77 bits per heavy atom. The SMILES string of the molecule is CCOC(=O)CC1Cc2ccccc2C1C1NC(=O)NC1=O. The number of carbonyl (C=O) groups excluding carboxylic acids is 3. The molecule has 1 aromatic rings. The van der Waals surface area contributed by atoms with Crippen LogP contribution in [0, 0.1) is 5.92 Å². The minimum Gasteiger partial charge on any atom is -0.466 e. The van der Waals surface area contributed by atoms with E-state index in [0.29, 0.717) is 13.0 Å². The van der Waals surface area contributed by atoms with Crippen molar-refractivity contribution >= 4 is 17.9 Å². The maximum atomic E-state index is 12.0. The van der Waals surface area contributed by atoms with Crippen LogP contribution in [0.4, 0.5) is 4.79 Å². The maximum absolute atomic E-state index is 12.0. The summed E-state index contributed by atoms with van der Waals surface area (Å²) in [5.41, 5.74) is 2.15. The first-order valence-electron chi connectivity index (χ1n) is 7.45. The topological polar surface area (TPSA) is 84.5 Å². The summed E-state index contributed by atoms with van der Waals surface area (Å²) in [5.74, 6) is -0.853. The fourth-order valence-electron chi connectivity index (χ4n) is 3.48. The molecule has 2 N–H and O–H groups in total. The molecular formula is C16H18N2O4. The molecule has 0 aromatic heterocycles. The molecule has 2 aliphatic rings. The molecule has 1 aromatic carbocycles. The lowest BCUT2D eigenvalue weighted by atomic mass is 9.84. The summed E-state index contributed by atoms with van der Waals surface area (Å²) in [7, 11) is 0. The monoisotopic (exact) mass is 302 g/mol. The van der Waals surface area contributed by atoms with Crippen molar-refractivity contribution < 1.29 is 19.1 Å². The van der Waals surface area contributed by atoms with Gasteiger partial charge in [0.25, 0.3) is 5.91 Å². The van der Waals surface area contributed by atoms with Crippen molar-refractivity contribution in [2.45, 2.75) is 31.7 Å². The fourth-order valence-corrected chi connectivity index (χ4v) is 3.48. The largest absolute Gasteiger partial charge is 0.466 e. The first-order chi connectivity index (χ1) is 10.6. The molecule has 1 aliphatic heterocycles. The van der Waals surface area contributed by atoms with Crippen molar-refractivity contribution in [2.24, 2.45) is 5.92 Å². The van der Waals surface area contributed by atoms with Crippen LogP contribution in [0.2, 0.25) is 0 Å². The number of hydrogen-bond acceptors (Lipinski definition) is 4. The zero-order valence-corrected chi connectivity index (χ0v) is 12.3. The number of hydrogen-bond donors (Lipinski definition) is 2. The number of benzene rings is 1. The van der Waals surface area contributed by atoms with Crippen LogP contribution in [0.1, 0.15) is 30.4 Å². The highest BCUT2D eigenvalue weighted by Gasteiger charge is 2.45. The van der Waals surface area contributed by atoms with E-state index < -0.39 is 12.1 Å². The minimum atomic E-state index is -0.629. The van der Waals surface area contributed by atoms with E-state index in [0.717, 1.165) is 11.1 Å². The van der Waals surface area contributed by atoms with Gasteiger partial charge in [0.1, 0.15) is 6.04 Å². The van der Waals surface area contributed by atoms with E-state index in [-0.39, 0.29) is 30.1 Å². The van der Waals surface area contributed by atoms with Gasteiger partial charge in [0.05, 0.1) is 6.61 Å². The van der Waals surface area contributed by atoms with Crippen molar-refractivity contribution in [3.8, 4) is 0 Å². The number of carbonyl (C=O) groups is 3. The van der Waals surface area contributed by atoms with Gasteiger partial charge in [0.15, 0.2) is 0 Å². The zero-order chi connectivity index (χ0) is 15.7. The third-order valence-electron chi connectivity index (χ3n) is 4.30. The summed E-state index contributed by atoms with van der Waals surface area (Å²) in [5, 5.41) is 4.94. The molecule has 3 amide bonds. The van der Waals surface area contributed by atoms with Crippen LogP contribution in [-0.2, 0) is 20.7 Å². The second-order valence-electron chi connectivity index (χ2n) is 5.64. The van der Waals surface area contributed by atoms with E-state index in [4.69, 9.17) is 4.74 Å². The third-order valence-corrected chi connectivity index (χ3v) is 4.30. The lowest BCUT2D eigenvalue weighted by molar-refractivity contribution is -0.144. The average Bonchev–Trinajstić information content (AvgIpc) is 2.98. The maximum Gasteiger partial charge on any atom is 0.322 e. The van der Waals surface area contributed by atoms with Gasteiger partial charge in [-0.25, -0.2) is 4.79 Å². The predicted octanol–water partition coefficient (Wildman–Crippen LogP) is 1.10. The van der Waals surface area contributed by atoms with Crippen LogP contribution in [0.3, 0.4) is 0 Å². The summed E-state index contributed by atoms with van der Waals surface area (Å²) < 4.78 is 5.03. The zero-order valence-electron chi connectivity index (χ0n) is 12.3. The summed E-state index contributed by atoms with van der Waals surface area (Å²) in [6.45, 7) is 2.10. The summed E-state index contributed by atoms with van der Waals surface area (Å²) >= 11 is 0. The summed E-state index contributed by atoms with van der Waals surface area (Å²) in [4.78, 5) is 35.3. The molecule has 1 heterocycles. The van der Waals surface area contributed by atoms with Crippen LogP contribution < -0.4 is 10.6 Å². The fraction of sp³-hybridized carbons (Fsp3) is 0.438. The molecule has 0 saturated carbocycles. The highest BCUT2D eigenvalue weighted by molar-refractivity contribution is 6.04. The van der Waals surface area contributed by atoms with E-state index in [1.54, 1.807) is 6.92 Å². The molecule has 0 spiro atoms. The van der Waals surface area contributed by atoms with Gasteiger partial charge in [-0.05, 0) is 30.4 Å². The number of esters is 1. The van der Waals surface area contributed by atoms with Crippen LogP contribution in [0.5, 0.6) is 0 Å². The Kier molecular flexibility index (Phi) is 3.83. The van der Waals surface area contributed by atoms with Crippen molar-refractivity contribution in [3.63, 3.8) is 0 Å². The highest BCUT2D eigenvalue weighted by Crippen LogP contribution is 2.42. The molecule has 6 nitrogen and oxygen atoms in total. The molecule has 1 fully saturated rings. The van der Waals surface area contributed by atoms with E-state index in [2.05, 4.69) is 10.6 Å². The minimum absolute atomic E-state index is 0.0504. The third kappa shape index (κ3) is 2.56. The highest BCUT2D eigenvalue weighted by atomic mass is 16.5. The Morgan fingerprint density at radius 2 is 2.09 bits per heavy atom. The molecule has 6 heteroatoms. The Bertz CT molecular complexity index is 628. The molecule has 1 aliphatic carbocycles. The van der Waals surface area contributed by atoms with Gasteiger partial charge in [0.2, 0.25) is 0 Å². The lowest BCUT2D eigenvalue weighted by Crippen LogP contribution is -2.38. The number of urea groups is 1. The quantitative estimate of drug-likeness (QED) is 0.644. The van der Waals surface area contributed by atoms with Crippen LogP contribution in [0.15, 0.2) is 24.3 Å². The van der Waals surface area contributed by atoms with Crippen molar-refractivity contribution in [1.82, 2.24) is 10.6 Å². The lowest BCUT2D eigenvalue weighted by Gasteiger charge is -2.24. The number of ether oxygens (including phenoxy) is 1. The molecule has 116 valence electrons. The molecule has 1 saturated heterocycles. The van der Waals surface area contributed by atoms with Gasteiger partial charge in [-0.2, -0.15) is 0 Å². The Hall–Kier alpha value is -2.37. The van der Waals surface area contributed by atoms with Crippen molar-refractivity contribution in [3.05, 3.63) is 35.4 Å². The average molecular weight is 302 g/mol. The van der Waals surface area contributed by atoms with Gasteiger partial charge in [0, 0.05) is 12.3 Å². The van der Waals surface area contributed by atoms with Gasteiger partial charge in [-0.15, -0.1) is 0 Å². The number of rotatable bonds is 4. The first kappa shape index (κ1) is 14.6. The molecule has 0 bridgehead atoms. The smallest absolute Gasteiger partial charge is 0.322 e. The molecular weight excluding hydrogens is 284 g/mol. The van der Waals surface area contributed by atoms with E-state index in [1.165, 1.54) is 0 Å². The van der Waals surface area contributed by atoms with Crippen LogP contribution >= 0.6 is 0 Å². The Balaban J connectivity index is 1.88. The molecule has 3 atom stereocenters. The molecule has 3 unspecified atom stereocenters. The molecule has 3 rings (SSSR count). The van der Waals surface area contributed by atoms with Gasteiger partial charge in [-0.1, -0.05) is 24.3 Å². The number of fused-ring (bicyclic) bond motifs is 1. The van der Waals surface area contributed by atoms with Crippen molar-refractivity contribution in [1.29, 1.82) is 0 Å². The molecule has 0 radical (unpaired) electrons. The second-order valence-corrected chi connectivity index (χ2v) is 5.64. The Labute approximate surface area is 128 Å². The van der Waals surface area contributed by atoms with Gasteiger partial charge in [-0.3, -0.25) is 14.9 Å². The number of imide groups is 1. The Morgan fingerprint density at radius 1 is 1.32 bits per heavy atom. The van der Waals surface area contributed by atoms with Gasteiger partial charge < -0.3 is 10.1 Å². The van der Waals surface area contributed by atoms with Crippen LogP contribution in [0.25, 0.3) is 0 Å². The number of amides is 3. The van der Waals surface area contributed by atoms with Crippen molar-refractivity contribution in [2.75, 3.05) is 6.61 Å². The predicted molar refractivity (Wildman–Crippen MR) is 78.1 cm³/mol.